The molecule has 0 spiro atoms. The topological polar surface area (TPSA) is 58.6 Å². The minimum atomic E-state index is -0.499. The van der Waals surface area contributed by atoms with Gasteiger partial charge in [0.2, 0.25) is 5.91 Å². The molecule has 0 aliphatic heterocycles. The maximum atomic E-state index is 10.8. The molecule has 0 aliphatic rings. The Morgan fingerprint density at radius 1 is 1.73 bits per heavy atom. The second-order valence-electron chi connectivity index (χ2n) is 2.29. The summed E-state index contributed by atoms with van der Waals surface area (Å²) in [5.41, 5.74) is 0. The first-order valence-corrected chi connectivity index (χ1v) is 3.69. The zero-order valence-electron chi connectivity index (χ0n) is 6.96. The van der Waals surface area contributed by atoms with Gasteiger partial charge in [0.15, 0.2) is 0 Å². The first kappa shape index (κ1) is 10.4. The Balaban J connectivity index is 3.23. The normalized spacial score (nSPS) is 12.6. The van der Waals surface area contributed by atoms with Gasteiger partial charge in [0, 0.05) is 13.2 Å². The van der Waals surface area contributed by atoms with E-state index in [9.17, 15) is 4.79 Å². The largest absolute Gasteiger partial charge is 0.392 e. The molecule has 4 nitrogen and oxygen atoms in total. The van der Waals surface area contributed by atoms with E-state index in [0.717, 1.165) is 0 Å². The Bertz CT molecular complexity index is 114. The van der Waals surface area contributed by atoms with Crippen LogP contribution in [0.1, 0.15) is 13.8 Å². The summed E-state index contributed by atoms with van der Waals surface area (Å²) >= 11 is 0. The minimum Gasteiger partial charge on any atom is -0.392 e. The number of carbonyl (C=O) groups is 1. The summed E-state index contributed by atoms with van der Waals surface area (Å²) in [6.45, 7) is 4.32. The van der Waals surface area contributed by atoms with Crippen LogP contribution in [0.3, 0.4) is 0 Å². The molecule has 0 radical (unpaired) electrons. The van der Waals surface area contributed by atoms with Gasteiger partial charge in [-0.05, 0) is 13.8 Å². The van der Waals surface area contributed by atoms with Gasteiger partial charge in [-0.2, -0.15) is 0 Å². The molecule has 0 rings (SSSR count). The molecule has 0 aromatic heterocycles. The third kappa shape index (κ3) is 7.29. The number of hydrogen-bond donors (Lipinski definition) is 2. The molecule has 0 aromatic carbocycles. The zero-order valence-corrected chi connectivity index (χ0v) is 6.96. The standard InChI is InChI=1S/C7H15NO3/c1-3-11-5-7(10)8-4-6(2)9/h6,9H,3-5H2,1-2H3,(H,8,10)/t6-/m1/s1. The highest BCUT2D eigenvalue weighted by atomic mass is 16.5. The molecule has 66 valence electrons. The Hall–Kier alpha value is -0.610. The fourth-order valence-electron chi connectivity index (χ4n) is 0.507. The lowest BCUT2D eigenvalue weighted by molar-refractivity contribution is -0.125. The lowest BCUT2D eigenvalue weighted by Gasteiger charge is -2.06. The van der Waals surface area contributed by atoms with Crippen LogP contribution in [-0.4, -0.2) is 36.9 Å². The van der Waals surface area contributed by atoms with Crippen molar-refractivity contribution in [3.8, 4) is 0 Å². The SMILES string of the molecule is CCOCC(=O)NC[C@@H](C)O. The van der Waals surface area contributed by atoms with Crippen molar-refractivity contribution in [3.05, 3.63) is 0 Å². The zero-order chi connectivity index (χ0) is 8.69. The van der Waals surface area contributed by atoms with Crippen LogP contribution in [0.15, 0.2) is 0 Å². The lowest BCUT2D eigenvalue weighted by Crippen LogP contribution is -2.33. The van der Waals surface area contributed by atoms with Crippen LogP contribution in [0, 0.1) is 0 Å². The molecule has 2 N–H and O–H groups in total. The van der Waals surface area contributed by atoms with Crippen LogP contribution < -0.4 is 5.32 Å². The van der Waals surface area contributed by atoms with Gasteiger partial charge in [-0.1, -0.05) is 0 Å². The second-order valence-corrected chi connectivity index (χ2v) is 2.29. The highest BCUT2D eigenvalue weighted by Crippen LogP contribution is 1.77. The molecule has 0 saturated carbocycles. The first-order valence-electron chi connectivity index (χ1n) is 3.69. The minimum absolute atomic E-state index is 0.0726. The summed E-state index contributed by atoms with van der Waals surface area (Å²) < 4.78 is 4.83. The van der Waals surface area contributed by atoms with Crippen molar-refractivity contribution in [2.75, 3.05) is 19.8 Å². The van der Waals surface area contributed by atoms with E-state index in [1.807, 2.05) is 6.92 Å². The molecule has 11 heavy (non-hydrogen) atoms. The third-order valence-electron chi connectivity index (χ3n) is 1.03. The van der Waals surface area contributed by atoms with E-state index in [4.69, 9.17) is 9.84 Å². The van der Waals surface area contributed by atoms with Crippen molar-refractivity contribution in [2.24, 2.45) is 0 Å². The average molecular weight is 161 g/mol. The van der Waals surface area contributed by atoms with E-state index in [-0.39, 0.29) is 19.1 Å². The van der Waals surface area contributed by atoms with E-state index in [2.05, 4.69) is 5.32 Å². The molecule has 0 unspecified atom stereocenters. The molecule has 0 fully saturated rings. The molecule has 0 heterocycles. The van der Waals surface area contributed by atoms with Gasteiger partial charge >= 0.3 is 0 Å². The van der Waals surface area contributed by atoms with Crippen molar-refractivity contribution < 1.29 is 14.6 Å². The quantitative estimate of drug-likeness (QED) is 0.572. The molecule has 0 aliphatic carbocycles. The smallest absolute Gasteiger partial charge is 0.246 e. The van der Waals surface area contributed by atoms with Crippen molar-refractivity contribution in [1.29, 1.82) is 0 Å². The molecular formula is C7H15NO3. The summed E-state index contributed by atoms with van der Waals surface area (Å²) in [6, 6.07) is 0. The third-order valence-corrected chi connectivity index (χ3v) is 1.03. The van der Waals surface area contributed by atoms with Crippen LogP contribution in [0.5, 0.6) is 0 Å². The second kappa shape index (κ2) is 6.12. The van der Waals surface area contributed by atoms with Crippen molar-refractivity contribution in [2.45, 2.75) is 20.0 Å². The first-order chi connectivity index (χ1) is 5.16. The van der Waals surface area contributed by atoms with Gasteiger partial charge < -0.3 is 15.2 Å². The van der Waals surface area contributed by atoms with Gasteiger partial charge in [-0.3, -0.25) is 4.79 Å². The van der Waals surface area contributed by atoms with Crippen molar-refractivity contribution in [3.63, 3.8) is 0 Å². The summed E-state index contributed by atoms with van der Waals surface area (Å²) in [5.74, 6) is -0.187. The van der Waals surface area contributed by atoms with Gasteiger partial charge in [0.1, 0.15) is 6.61 Å². The molecular weight excluding hydrogens is 146 g/mol. The number of hydrogen-bond acceptors (Lipinski definition) is 3. The van der Waals surface area contributed by atoms with Crippen LogP contribution in [0.4, 0.5) is 0 Å². The summed E-state index contributed by atoms with van der Waals surface area (Å²) in [6.07, 6.45) is -0.499. The fraction of sp³-hybridized carbons (Fsp3) is 0.857. The van der Waals surface area contributed by atoms with E-state index in [1.165, 1.54) is 0 Å². The molecule has 0 saturated heterocycles. The highest BCUT2D eigenvalue weighted by Gasteiger charge is 2.01. The van der Waals surface area contributed by atoms with Gasteiger partial charge in [-0.25, -0.2) is 0 Å². The molecule has 1 amide bonds. The van der Waals surface area contributed by atoms with E-state index < -0.39 is 6.10 Å². The number of nitrogens with one attached hydrogen (secondary N) is 1. The summed E-state index contributed by atoms with van der Waals surface area (Å²) in [5, 5.41) is 11.3. The maximum absolute atomic E-state index is 10.8. The lowest BCUT2D eigenvalue weighted by atomic mass is 10.4. The monoisotopic (exact) mass is 161 g/mol. The van der Waals surface area contributed by atoms with Gasteiger partial charge in [-0.15, -0.1) is 0 Å². The Labute approximate surface area is 66.5 Å². The number of amides is 1. The van der Waals surface area contributed by atoms with Crippen LogP contribution in [0.25, 0.3) is 0 Å². The molecule has 0 aromatic rings. The average Bonchev–Trinajstić information content (AvgIpc) is 1.97. The summed E-state index contributed by atoms with van der Waals surface area (Å²) in [7, 11) is 0. The van der Waals surface area contributed by atoms with Crippen LogP contribution in [-0.2, 0) is 9.53 Å². The Kier molecular flexibility index (Phi) is 5.78. The summed E-state index contributed by atoms with van der Waals surface area (Å²) in [4.78, 5) is 10.8. The molecule has 0 bridgehead atoms. The Morgan fingerprint density at radius 3 is 2.82 bits per heavy atom. The predicted molar refractivity (Wildman–Crippen MR) is 41.2 cm³/mol. The number of aliphatic hydroxyl groups excluding tert-OH is 1. The van der Waals surface area contributed by atoms with E-state index in [0.29, 0.717) is 6.61 Å². The number of ether oxygens (including phenoxy) is 1. The molecule has 1 atom stereocenters. The van der Waals surface area contributed by atoms with E-state index >= 15 is 0 Å². The van der Waals surface area contributed by atoms with Crippen LogP contribution in [0.2, 0.25) is 0 Å². The maximum Gasteiger partial charge on any atom is 0.246 e. The Morgan fingerprint density at radius 2 is 2.36 bits per heavy atom. The molecule has 4 heteroatoms. The van der Waals surface area contributed by atoms with Crippen LogP contribution >= 0.6 is 0 Å². The van der Waals surface area contributed by atoms with Crippen molar-refractivity contribution >= 4 is 5.91 Å². The van der Waals surface area contributed by atoms with Crippen molar-refractivity contribution in [1.82, 2.24) is 5.32 Å². The van der Waals surface area contributed by atoms with Gasteiger partial charge in [0.05, 0.1) is 6.10 Å². The van der Waals surface area contributed by atoms with Gasteiger partial charge in [0.25, 0.3) is 0 Å². The highest BCUT2D eigenvalue weighted by molar-refractivity contribution is 5.77. The van der Waals surface area contributed by atoms with E-state index in [1.54, 1.807) is 6.92 Å². The number of aliphatic hydroxyl groups is 1. The number of rotatable bonds is 5. The number of carbonyl (C=O) groups excluding carboxylic acids is 1. The predicted octanol–water partition coefficient (Wildman–Crippen LogP) is -0.480. The fourth-order valence-corrected chi connectivity index (χ4v) is 0.507.